The lowest BCUT2D eigenvalue weighted by Gasteiger charge is -2.31. The second-order valence-electron chi connectivity index (χ2n) is 11.0. The van der Waals surface area contributed by atoms with Gasteiger partial charge in [0, 0.05) is 40.8 Å². The Morgan fingerprint density at radius 1 is 1.00 bits per heavy atom. The van der Waals surface area contributed by atoms with Crippen LogP contribution in [0.5, 0.6) is 0 Å². The molecule has 1 fully saturated rings. The van der Waals surface area contributed by atoms with E-state index in [1.54, 1.807) is 0 Å². The highest BCUT2D eigenvalue weighted by Crippen LogP contribution is 2.44. The van der Waals surface area contributed by atoms with Crippen LogP contribution < -0.4 is 0 Å². The fourth-order valence-electron chi connectivity index (χ4n) is 6.35. The lowest BCUT2D eigenvalue weighted by Crippen LogP contribution is -2.16. The number of allylic oxidation sites excluding steroid dienone is 1. The highest BCUT2D eigenvalue weighted by atomic mass is 14.7. The minimum atomic E-state index is 0.353. The Balaban J connectivity index is 1.44. The fraction of sp³-hybridized carbons (Fsp3) is 0.243. The molecule has 0 aliphatic heterocycles. The van der Waals surface area contributed by atoms with Gasteiger partial charge in [0.15, 0.2) is 0 Å². The zero-order valence-corrected chi connectivity index (χ0v) is 24.1. The molecule has 0 atom stereocenters. The highest BCUT2D eigenvalue weighted by molar-refractivity contribution is 5.90. The average Bonchev–Trinajstić information content (AvgIpc) is 3.01. The Bertz CT molecular complexity index is 1630. The van der Waals surface area contributed by atoms with Crippen LogP contribution in [0.2, 0.25) is 0 Å². The largest absolute Gasteiger partial charge is 0.306 e. The summed E-state index contributed by atoms with van der Waals surface area (Å²) in [4.78, 5) is 9.71. The Hall–Kier alpha value is -4.62. The van der Waals surface area contributed by atoms with Gasteiger partial charge in [-0.2, -0.15) is 5.26 Å². The van der Waals surface area contributed by atoms with E-state index in [0.29, 0.717) is 23.1 Å². The Kier molecular flexibility index (Phi) is 8.36. The second kappa shape index (κ2) is 12.3. The Labute approximate surface area is 243 Å². The third-order valence-electron chi connectivity index (χ3n) is 8.44. The summed E-state index contributed by atoms with van der Waals surface area (Å²) in [6.07, 6.45) is 11.5. The van der Waals surface area contributed by atoms with Crippen LogP contribution in [0.25, 0.3) is 28.9 Å². The number of aromatic nitrogens is 2. The van der Waals surface area contributed by atoms with E-state index < -0.39 is 0 Å². The predicted octanol–water partition coefficient (Wildman–Crippen LogP) is 9.27. The molecule has 1 saturated carbocycles. The Morgan fingerprint density at radius 2 is 1.68 bits per heavy atom. The molecule has 2 heterocycles. The molecule has 2 aromatic heterocycles. The summed E-state index contributed by atoms with van der Waals surface area (Å²) in [6, 6.07) is 22.7. The molecule has 0 unspecified atom stereocenters. The normalized spacial score (nSPS) is 17.1. The molecule has 41 heavy (non-hydrogen) atoms. The molecule has 0 spiro atoms. The monoisotopic (exact) mass is 536 g/mol. The first-order chi connectivity index (χ1) is 19.9. The minimum Gasteiger partial charge on any atom is -0.306 e. The minimum absolute atomic E-state index is 0.353. The quantitative estimate of drug-likeness (QED) is 0.239. The van der Waals surface area contributed by atoms with Gasteiger partial charge in [0.25, 0.3) is 0 Å². The average molecular weight is 537 g/mol. The zero-order chi connectivity index (χ0) is 28.9. The van der Waals surface area contributed by atoms with Gasteiger partial charge in [0.2, 0.25) is 0 Å². The summed E-state index contributed by atoms with van der Waals surface area (Å²) in [5.74, 6) is 0.788. The van der Waals surface area contributed by atoms with E-state index in [4.69, 9.17) is 10.4 Å². The van der Waals surface area contributed by atoms with Crippen molar-refractivity contribution in [3.8, 4) is 17.2 Å². The third-order valence-corrected chi connectivity index (χ3v) is 8.44. The SMILES string of the molecule is C=Cc1cnc(C=N)c(C=C(C)c2ccc(C#N)cc2)c1C1CCC(c2cc(C)c(-c3ccccc3)c(C)n2)CC1. The van der Waals surface area contributed by atoms with E-state index in [-0.39, 0.29) is 0 Å². The van der Waals surface area contributed by atoms with Crippen molar-refractivity contribution in [1.29, 1.82) is 10.7 Å². The molecule has 0 radical (unpaired) electrons. The van der Waals surface area contributed by atoms with Crippen molar-refractivity contribution < 1.29 is 0 Å². The van der Waals surface area contributed by atoms with Crippen molar-refractivity contribution in [2.75, 3.05) is 0 Å². The van der Waals surface area contributed by atoms with Gasteiger partial charge in [0.05, 0.1) is 17.3 Å². The number of hydrogen-bond acceptors (Lipinski definition) is 4. The molecule has 2 aromatic carbocycles. The van der Waals surface area contributed by atoms with E-state index in [0.717, 1.165) is 53.6 Å². The van der Waals surface area contributed by atoms with Crippen molar-refractivity contribution in [3.05, 3.63) is 124 Å². The molecule has 1 N–H and O–H groups in total. The molecule has 4 aromatic rings. The molecule has 0 saturated heterocycles. The van der Waals surface area contributed by atoms with Crippen molar-refractivity contribution in [2.24, 2.45) is 0 Å². The third kappa shape index (κ3) is 5.81. The second-order valence-corrected chi connectivity index (χ2v) is 11.0. The summed E-state index contributed by atoms with van der Waals surface area (Å²) in [6.45, 7) is 10.5. The van der Waals surface area contributed by atoms with Gasteiger partial charge in [-0.1, -0.05) is 55.1 Å². The van der Waals surface area contributed by atoms with Gasteiger partial charge < -0.3 is 5.41 Å². The fourth-order valence-corrected chi connectivity index (χ4v) is 6.35. The maximum atomic E-state index is 9.18. The molecule has 5 rings (SSSR count). The van der Waals surface area contributed by atoms with Gasteiger partial charge in [-0.25, -0.2) is 0 Å². The van der Waals surface area contributed by atoms with Gasteiger partial charge >= 0.3 is 0 Å². The molecule has 204 valence electrons. The van der Waals surface area contributed by atoms with Gasteiger partial charge in [-0.05, 0) is 110 Å². The van der Waals surface area contributed by atoms with Crippen molar-refractivity contribution >= 4 is 23.9 Å². The number of benzene rings is 2. The molecule has 4 heteroatoms. The van der Waals surface area contributed by atoms with E-state index in [2.05, 4.69) is 80.9 Å². The number of pyridine rings is 2. The van der Waals surface area contributed by atoms with Gasteiger partial charge in [0.1, 0.15) is 0 Å². The van der Waals surface area contributed by atoms with Crippen molar-refractivity contribution in [1.82, 2.24) is 9.97 Å². The topological polar surface area (TPSA) is 73.4 Å². The lowest BCUT2D eigenvalue weighted by molar-refractivity contribution is 0.390. The van der Waals surface area contributed by atoms with Crippen LogP contribution >= 0.6 is 0 Å². The van der Waals surface area contributed by atoms with Crippen LogP contribution in [0.4, 0.5) is 0 Å². The molecule has 1 aliphatic rings. The predicted molar refractivity (Wildman–Crippen MR) is 170 cm³/mol. The zero-order valence-electron chi connectivity index (χ0n) is 24.1. The van der Waals surface area contributed by atoms with Crippen molar-refractivity contribution in [3.63, 3.8) is 0 Å². The number of nitriles is 1. The van der Waals surface area contributed by atoms with Crippen LogP contribution in [0.15, 0.2) is 73.4 Å². The summed E-state index contributed by atoms with van der Waals surface area (Å²) in [5, 5.41) is 17.3. The van der Waals surface area contributed by atoms with Crippen LogP contribution in [0, 0.1) is 30.6 Å². The molecule has 0 amide bonds. The number of nitrogens with zero attached hydrogens (tertiary/aromatic N) is 3. The standard InChI is InChI=1S/C37H36N4/c1-5-28-23-40-35(22-39)33(19-24(2)29-13-11-27(21-38)12-14-29)37(28)32-17-15-30(16-18-32)34-20-25(3)36(26(4)41-34)31-9-7-6-8-10-31/h5-14,19-20,22-23,30,32,39H,1,15-18H2,2-4H3. The number of hydrogen-bond donors (Lipinski definition) is 1. The van der Waals surface area contributed by atoms with Crippen molar-refractivity contribution in [2.45, 2.75) is 58.3 Å². The number of nitrogens with one attached hydrogen (secondary N) is 1. The molecule has 0 bridgehead atoms. The maximum Gasteiger partial charge on any atom is 0.0991 e. The molecular weight excluding hydrogens is 500 g/mol. The van der Waals surface area contributed by atoms with Crippen LogP contribution in [-0.4, -0.2) is 16.2 Å². The first-order valence-electron chi connectivity index (χ1n) is 14.3. The summed E-state index contributed by atoms with van der Waals surface area (Å²) in [7, 11) is 0. The molecule has 4 nitrogen and oxygen atoms in total. The Morgan fingerprint density at radius 3 is 2.29 bits per heavy atom. The molecular formula is C37H36N4. The van der Waals surface area contributed by atoms with E-state index >= 15 is 0 Å². The summed E-state index contributed by atoms with van der Waals surface area (Å²) >= 11 is 0. The van der Waals surface area contributed by atoms with E-state index in [1.165, 1.54) is 34.2 Å². The first kappa shape index (κ1) is 27.9. The molecule has 1 aliphatic carbocycles. The van der Waals surface area contributed by atoms with Crippen LogP contribution in [-0.2, 0) is 0 Å². The van der Waals surface area contributed by atoms with Crippen LogP contribution in [0.3, 0.4) is 0 Å². The van der Waals surface area contributed by atoms with E-state index in [1.807, 2.05) is 36.5 Å². The maximum absolute atomic E-state index is 9.18. The lowest BCUT2D eigenvalue weighted by atomic mass is 9.74. The number of rotatable bonds is 7. The summed E-state index contributed by atoms with van der Waals surface area (Å²) < 4.78 is 0. The van der Waals surface area contributed by atoms with Gasteiger partial charge in [-0.3, -0.25) is 9.97 Å². The summed E-state index contributed by atoms with van der Waals surface area (Å²) in [5.41, 5.74) is 12.8. The number of aryl methyl sites for hydroxylation is 2. The van der Waals surface area contributed by atoms with E-state index in [9.17, 15) is 5.26 Å². The highest BCUT2D eigenvalue weighted by Gasteiger charge is 2.28. The first-order valence-corrected chi connectivity index (χ1v) is 14.3. The smallest absolute Gasteiger partial charge is 0.0991 e. The van der Waals surface area contributed by atoms with Gasteiger partial charge in [-0.15, -0.1) is 0 Å². The van der Waals surface area contributed by atoms with Crippen LogP contribution in [0.1, 0.15) is 94.9 Å².